The summed E-state index contributed by atoms with van der Waals surface area (Å²) in [6, 6.07) is 4.89. The second-order valence-corrected chi connectivity index (χ2v) is 5.55. The van der Waals surface area contributed by atoms with E-state index in [2.05, 4.69) is 17.3 Å². The molecule has 2 rings (SSSR count). The molecule has 0 radical (unpaired) electrons. The molecule has 0 saturated heterocycles. The zero-order valence-corrected chi connectivity index (χ0v) is 11.1. The predicted molar refractivity (Wildman–Crippen MR) is 71.9 cm³/mol. The van der Waals surface area contributed by atoms with Crippen LogP contribution in [0.2, 0.25) is 0 Å². The van der Waals surface area contributed by atoms with Crippen molar-refractivity contribution in [1.29, 1.82) is 0 Å². The van der Waals surface area contributed by atoms with E-state index in [1.54, 1.807) is 29.2 Å². The molecule has 0 aliphatic rings. The van der Waals surface area contributed by atoms with Gasteiger partial charge in [0.25, 0.3) is 0 Å². The number of hydrogen-bond donors (Lipinski definition) is 1. The van der Waals surface area contributed by atoms with Crippen LogP contribution >= 0.6 is 23.1 Å². The van der Waals surface area contributed by atoms with Gasteiger partial charge in [-0.05, 0) is 24.6 Å². The Morgan fingerprint density at radius 2 is 2.29 bits per heavy atom. The van der Waals surface area contributed by atoms with Crippen LogP contribution in [0, 0.1) is 5.82 Å². The molecular weight excluding hydrogens is 255 g/mol. The van der Waals surface area contributed by atoms with Crippen molar-refractivity contribution < 1.29 is 4.39 Å². The van der Waals surface area contributed by atoms with Gasteiger partial charge in [0.2, 0.25) is 0 Å². The second kappa shape index (κ2) is 5.51. The molecule has 90 valence electrons. The highest BCUT2D eigenvalue weighted by molar-refractivity contribution is 7.98. The molecule has 0 fully saturated rings. The number of nitrogen functional groups attached to an aromatic ring is 1. The highest BCUT2D eigenvalue weighted by Crippen LogP contribution is 2.26. The van der Waals surface area contributed by atoms with Gasteiger partial charge in [-0.1, -0.05) is 6.92 Å². The summed E-state index contributed by atoms with van der Waals surface area (Å²) >= 11 is 3.24. The lowest BCUT2D eigenvalue weighted by molar-refractivity contribution is 0.629. The maximum atomic E-state index is 13.2. The molecule has 2 aromatic rings. The van der Waals surface area contributed by atoms with Crippen LogP contribution in [0.15, 0.2) is 28.5 Å². The average Bonchev–Trinajstić information content (AvgIpc) is 2.79. The molecule has 1 aromatic heterocycles. The molecule has 1 aromatic carbocycles. The molecular formula is C12H13FN2S2. The van der Waals surface area contributed by atoms with Crippen LogP contribution in [0.25, 0.3) is 0 Å². The first-order valence-corrected chi connectivity index (χ1v) is 7.16. The van der Waals surface area contributed by atoms with E-state index < -0.39 is 0 Å². The van der Waals surface area contributed by atoms with E-state index in [9.17, 15) is 4.39 Å². The Bertz CT molecular complexity index is 511. The van der Waals surface area contributed by atoms with Gasteiger partial charge in [0.1, 0.15) is 5.82 Å². The number of halogens is 1. The van der Waals surface area contributed by atoms with Crippen molar-refractivity contribution in [3.8, 4) is 0 Å². The van der Waals surface area contributed by atoms with E-state index in [4.69, 9.17) is 5.73 Å². The SMILES string of the molecule is CCc1nc(CSc2ccc(N)c(F)c2)cs1. The smallest absolute Gasteiger partial charge is 0.147 e. The summed E-state index contributed by atoms with van der Waals surface area (Å²) in [5, 5.41) is 3.20. The Kier molecular flexibility index (Phi) is 4.02. The third-order valence-corrected chi connectivity index (χ3v) is 4.33. The molecule has 0 atom stereocenters. The van der Waals surface area contributed by atoms with Gasteiger partial charge in [0.15, 0.2) is 0 Å². The number of rotatable bonds is 4. The largest absolute Gasteiger partial charge is 0.396 e. The fourth-order valence-corrected chi connectivity index (χ4v) is 3.00. The second-order valence-electron chi connectivity index (χ2n) is 3.56. The van der Waals surface area contributed by atoms with E-state index in [-0.39, 0.29) is 11.5 Å². The highest BCUT2D eigenvalue weighted by atomic mass is 32.2. The van der Waals surface area contributed by atoms with Crippen molar-refractivity contribution in [3.05, 3.63) is 40.1 Å². The molecule has 0 aliphatic carbocycles. The van der Waals surface area contributed by atoms with Crippen molar-refractivity contribution in [2.24, 2.45) is 0 Å². The molecule has 1 heterocycles. The molecule has 5 heteroatoms. The fraction of sp³-hybridized carbons (Fsp3) is 0.250. The van der Waals surface area contributed by atoms with Gasteiger partial charge >= 0.3 is 0 Å². The third kappa shape index (κ3) is 3.20. The minimum absolute atomic E-state index is 0.191. The van der Waals surface area contributed by atoms with E-state index in [0.29, 0.717) is 0 Å². The van der Waals surface area contributed by atoms with Crippen LogP contribution in [-0.2, 0) is 12.2 Å². The van der Waals surface area contributed by atoms with Gasteiger partial charge in [-0.3, -0.25) is 0 Å². The zero-order valence-electron chi connectivity index (χ0n) is 9.44. The predicted octanol–water partition coefficient (Wildman–Crippen LogP) is 3.72. The van der Waals surface area contributed by atoms with E-state index >= 15 is 0 Å². The first kappa shape index (κ1) is 12.4. The summed E-state index contributed by atoms with van der Waals surface area (Å²) < 4.78 is 13.2. The van der Waals surface area contributed by atoms with Crippen LogP contribution in [0.5, 0.6) is 0 Å². The van der Waals surface area contributed by atoms with Gasteiger partial charge in [-0.15, -0.1) is 23.1 Å². The number of thioether (sulfide) groups is 1. The molecule has 0 amide bonds. The number of aromatic nitrogens is 1. The van der Waals surface area contributed by atoms with Crippen LogP contribution in [-0.4, -0.2) is 4.98 Å². The van der Waals surface area contributed by atoms with E-state index in [1.165, 1.54) is 6.07 Å². The van der Waals surface area contributed by atoms with Crippen molar-refractivity contribution in [3.63, 3.8) is 0 Å². The first-order chi connectivity index (χ1) is 8.19. The number of benzene rings is 1. The van der Waals surface area contributed by atoms with Crippen molar-refractivity contribution in [2.75, 3.05) is 5.73 Å². The van der Waals surface area contributed by atoms with E-state index in [0.717, 1.165) is 27.8 Å². The lowest BCUT2D eigenvalue weighted by atomic mass is 10.3. The molecule has 17 heavy (non-hydrogen) atoms. The molecule has 0 unspecified atom stereocenters. The van der Waals surface area contributed by atoms with Gasteiger partial charge in [-0.2, -0.15) is 0 Å². The number of hydrogen-bond acceptors (Lipinski definition) is 4. The fourth-order valence-electron chi connectivity index (χ4n) is 1.33. The maximum Gasteiger partial charge on any atom is 0.147 e. The van der Waals surface area contributed by atoms with Gasteiger partial charge < -0.3 is 5.73 Å². The summed E-state index contributed by atoms with van der Waals surface area (Å²) in [5.74, 6) is 0.405. The lowest BCUT2D eigenvalue weighted by Crippen LogP contribution is -1.90. The van der Waals surface area contributed by atoms with Crippen LogP contribution in [0.3, 0.4) is 0 Å². The maximum absolute atomic E-state index is 13.2. The molecule has 0 bridgehead atoms. The number of anilines is 1. The Labute approximate surface area is 108 Å². The van der Waals surface area contributed by atoms with Crippen molar-refractivity contribution in [2.45, 2.75) is 24.0 Å². The summed E-state index contributed by atoms with van der Waals surface area (Å²) in [7, 11) is 0. The Morgan fingerprint density at radius 3 is 2.94 bits per heavy atom. The topological polar surface area (TPSA) is 38.9 Å². The summed E-state index contributed by atoms with van der Waals surface area (Å²) in [4.78, 5) is 5.34. The highest BCUT2D eigenvalue weighted by Gasteiger charge is 2.04. The molecule has 0 saturated carbocycles. The molecule has 0 aliphatic heterocycles. The first-order valence-electron chi connectivity index (χ1n) is 5.30. The van der Waals surface area contributed by atoms with Gasteiger partial charge in [0.05, 0.1) is 16.4 Å². The van der Waals surface area contributed by atoms with E-state index in [1.807, 2.05) is 6.07 Å². The normalized spacial score (nSPS) is 10.7. The Balaban J connectivity index is 1.99. The van der Waals surface area contributed by atoms with Crippen molar-refractivity contribution in [1.82, 2.24) is 4.98 Å². The van der Waals surface area contributed by atoms with Crippen molar-refractivity contribution >= 4 is 28.8 Å². The van der Waals surface area contributed by atoms with Gasteiger partial charge in [-0.25, -0.2) is 9.37 Å². The molecule has 2 N–H and O–H groups in total. The summed E-state index contributed by atoms with van der Waals surface area (Å²) in [5.41, 5.74) is 6.66. The molecule has 2 nitrogen and oxygen atoms in total. The monoisotopic (exact) mass is 268 g/mol. The van der Waals surface area contributed by atoms with Gasteiger partial charge in [0, 0.05) is 16.0 Å². The summed E-state index contributed by atoms with van der Waals surface area (Å²) in [6.07, 6.45) is 0.964. The average molecular weight is 268 g/mol. The standard InChI is InChI=1S/C12H13FN2S2/c1-2-12-15-8(7-17-12)6-16-9-3-4-11(14)10(13)5-9/h3-5,7H,2,6,14H2,1H3. The zero-order chi connectivity index (χ0) is 12.3. The number of nitrogens with two attached hydrogens (primary N) is 1. The quantitative estimate of drug-likeness (QED) is 0.678. The number of aryl methyl sites for hydroxylation is 1. The van der Waals surface area contributed by atoms with Crippen LogP contribution < -0.4 is 5.73 Å². The number of thiazole rings is 1. The number of nitrogens with zero attached hydrogens (tertiary/aromatic N) is 1. The third-order valence-electron chi connectivity index (χ3n) is 2.26. The molecule has 0 spiro atoms. The Morgan fingerprint density at radius 1 is 1.47 bits per heavy atom. The van der Waals surface area contributed by atoms with Crippen LogP contribution in [0.1, 0.15) is 17.6 Å². The summed E-state index contributed by atoms with van der Waals surface area (Å²) in [6.45, 7) is 2.09. The minimum Gasteiger partial charge on any atom is -0.396 e. The van der Waals surface area contributed by atoms with Crippen LogP contribution in [0.4, 0.5) is 10.1 Å². The Hall–Kier alpha value is -1.07. The lowest BCUT2D eigenvalue weighted by Gasteiger charge is -2.01. The minimum atomic E-state index is -0.359.